The number of benzene rings is 1. The highest BCUT2D eigenvalue weighted by atomic mass is 19.3. The molecule has 1 aromatic rings. The van der Waals surface area contributed by atoms with Gasteiger partial charge in [-0.05, 0) is 41.7 Å². The van der Waals surface area contributed by atoms with Gasteiger partial charge in [-0.3, -0.25) is 0 Å². The summed E-state index contributed by atoms with van der Waals surface area (Å²) in [5.41, 5.74) is 1.81. The van der Waals surface area contributed by atoms with Crippen molar-refractivity contribution in [3.63, 3.8) is 0 Å². The second-order valence-corrected chi connectivity index (χ2v) is 5.02. The van der Waals surface area contributed by atoms with Crippen LogP contribution >= 0.6 is 0 Å². The summed E-state index contributed by atoms with van der Waals surface area (Å²) >= 11 is 0. The van der Waals surface area contributed by atoms with Gasteiger partial charge >= 0.3 is 6.61 Å². The average Bonchev–Trinajstić information content (AvgIpc) is 2.61. The second-order valence-electron chi connectivity index (χ2n) is 5.02. The SMILES string of the molecule is C=C1CC[C@H](c2ccc(OC(F)F)cc2CO)NC[C@@H]1F. The highest BCUT2D eigenvalue weighted by Gasteiger charge is 2.23. The van der Waals surface area contributed by atoms with E-state index < -0.39 is 12.8 Å². The molecule has 0 radical (unpaired) electrons. The molecule has 1 fully saturated rings. The topological polar surface area (TPSA) is 41.5 Å². The van der Waals surface area contributed by atoms with Gasteiger partial charge in [0.05, 0.1) is 6.61 Å². The van der Waals surface area contributed by atoms with Crippen molar-refractivity contribution in [1.29, 1.82) is 0 Å². The van der Waals surface area contributed by atoms with Gasteiger partial charge in [0.15, 0.2) is 0 Å². The van der Waals surface area contributed by atoms with E-state index in [2.05, 4.69) is 16.6 Å². The van der Waals surface area contributed by atoms with Crippen LogP contribution in [0.1, 0.15) is 30.0 Å². The number of aliphatic hydroxyl groups excluding tert-OH is 1. The van der Waals surface area contributed by atoms with E-state index in [1.54, 1.807) is 6.07 Å². The Balaban J connectivity index is 2.20. The normalized spacial score (nSPS) is 23.2. The van der Waals surface area contributed by atoms with Crippen molar-refractivity contribution in [2.45, 2.75) is 38.3 Å². The fourth-order valence-electron chi connectivity index (χ4n) is 2.48. The molecule has 0 unspecified atom stereocenters. The van der Waals surface area contributed by atoms with Crippen molar-refractivity contribution in [3.05, 3.63) is 41.5 Å². The number of nitrogens with one attached hydrogen (secondary N) is 1. The Labute approximate surface area is 121 Å². The number of alkyl halides is 3. The first-order chi connectivity index (χ1) is 10.0. The van der Waals surface area contributed by atoms with Crippen LogP contribution in [0.3, 0.4) is 0 Å². The molecule has 116 valence electrons. The van der Waals surface area contributed by atoms with Gasteiger partial charge in [0.1, 0.15) is 11.9 Å². The first-order valence-corrected chi connectivity index (χ1v) is 6.75. The molecule has 1 heterocycles. The van der Waals surface area contributed by atoms with Crippen molar-refractivity contribution in [1.82, 2.24) is 5.32 Å². The largest absolute Gasteiger partial charge is 0.435 e. The highest BCUT2D eigenvalue weighted by molar-refractivity contribution is 5.37. The lowest BCUT2D eigenvalue weighted by Crippen LogP contribution is -2.26. The van der Waals surface area contributed by atoms with Crippen molar-refractivity contribution in [2.75, 3.05) is 6.54 Å². The Hall–Kier alpha value is -1.53. The first kappa shape index (κ1) is 15.9. The van der Waals surface area contributed by atoms with Crippen molar-refractivity contribution in [3.8, 4) is 5.75 Å². The fraction of sp³-hybridized carbons (Fsp3) is 0.467. The van der Waals surface area contributed by atoms with Gasteiger partial charge < -0.3 is 15.2 Å². The molecule has 2 N–H and O–H groups in total. The molecule has 0 spiro atoms. The van der Waals surface area contributed by atoms with Crippen LogP contribution in [0.4, 0.5) is 13.2 Å². The minimum absolute atomic E-state index is 0.000741. The summed E-state index contributed by atoms with van der Waals surface area (Å²) in [6.07, 6.45) is 0.0920. The average molecular weight is 301 g/mol. The molecular weight excluding hydrogens is 283 g/mol. The van der Waals surface area contributed by atoms with Crippen molar-refractivity contribution >= 4 is 0 Å². The molecule has 0 aromatic heterocycles. The molecule has 0 aliphatic carbocycles. The number of hydrogen-bond acceptors (Lipinski definition) is 3. The zero-order valence-electron chi connectivity index (χ0n) is 11.5. The van der Waals surface area contributed by atoms with Crippen LogP contribution in [0, 0.1) is 0 Å². The quantitative estimate of drug-likeness (QED) is 0.840. The van der Waals surface area contributed by atoms with Crippen LogP contribution in [-0.4, -0.2) is 24.4 Å². The van der Waals surface area contributed by atoms with E-state index in [1.807, 2.05) is 0 Å². The molecule has 1 aromatic carbocycles. The standard InChI is InChI=1S/C15H18F3NO2/c1-9-2-5-14(19-7-13(9)16)12-4-3-11(21-15(17)18)6-10(12)8-20/h3-4,6,13-15,19-20H,1-2,5,7-8H2/t13-,14+/m0/s1. The maximum Gasteiger partial charge on any atom is 0.387 e. The summed E-state index contributed by atoms with van der Waals surface area (Å²) in [6.45, 7) is 0.655. The van der Waals surface area contributed by atoms with E-state index in [-0.39, 0.29) is 24.9 Å². The van der Waals surface area contributed by atoms with E-state index in [0.717, 1.165) is 5.56 Å². The Bertz CT molecular complexity index is 508. The fourth-order valence-corrected chi connectivity index (χ4v) is 2.48. The monoisotopic (exact) mass is 301 g/mol. The molecule has 1 aliphatic heterocycles. The minimum atomic E-state index is -2.91. The summed E-state index contributed by atoms with van der Waals surface area (Å²) in [5.74, 6) is -0.000741. The summed E-state index contributed by atoms with van der Waals surface area (Å²) in [5, 5.41) is 12.5. The molecule has 1 saturated heterocycles. The summed E-state index contributed by atoms with van der Waals surface area (Å²) < 4.78 is 42.3. The van der Waals surface area contributed by atoms with Crippen LogP contribution in [0.25, 0.3) is 0 Å². The third-order valence-corrected chi connectivity index (χ3v) is 3.63. The Morgan fingerprint density at radius 1 is 1.43 bits per heavy atom. The Kier molecular flexibility index (Phi) is 5.25. The van der Waals surface area contributed by atoms with Gasteiger partial charge in [-0.25, -0.2) is 4.39 Å². The lowest BCUT2D eigenvalue weighted by Gasteiger charge is -2.20. The first-order valence-electron chi connectivity index (χ1n) is 6.75. The van der Waals surface area contributed by atoms with Crippen molar-refractivity contribution < 1.29 is 23.0 Å². The van der Waals surface area contributed by atoms with E-state index >= 15 is 0 Å². The van der Waals surface area contributed by atoms with Crippen molar-refractivity contribution in [2.24, 2.45) is 0 Å². The number of halogens is 3. The van der Waals surface area contributed by atoms with Crippen LogP contribution in [0.2, 0.25) is 0 Å². The van der Waals surface area contributed by atoms with E-state index in [9.17, 15) is 18.3 Å². The summed E-state index contributed by atoms with van der Waals surface area (Å²) in [4.78, 5) is 0. The second kappa shape index (κ2) is 6.95. The van der Waals surface area contributed by atoms with E-state index in [1.165, 1.54) is 12.1 Å². The molecule has 6 heteroatoms. The number of hydrogen-bond donors (Lipinski definition) is 2. The number of aliphatic hydroxyl groups is 1. The third kappa shape index (κ3) is 3.98. The Morgan fingerprint density at radius 2 is 2.19 bits per heavy atom. The minimum Gasteiger partial charge on any atom is -0.435 e. The molecule has 2 rings (SSSR count). The molecule has 0 bridgehead atoms. The molecule has 2 atom stereocenters. The van der Waals surface area contributed by atoms with Crippen LogP contribution in [0.5, 0.6) is 5.75 Å². The van der Waals surface area contributed by atoms with Gasteiger partial charge in [-0.1, -0.05) is 12.6 Å². The summed E-state index contributed by atoms with van der Waals surface area (Å²) in [6, 6.07) is 4.29. The van der Waals surface area contributed by atoms with E-state index in [4.69, 9.17) is 0 Å². The maximum atomic E-state index is 13.6. The van der Waals surface area contributed by atoms with Gasteiger partial charge in [0.25, 0.3) is 0 Å². The number of rotatable bonds is 4. The van der Waals surface area contributed by atoms with Gasteiger partial charge in [-0.15, -0.1) is 0 Å². The van der Waals surface area contributed by atoms with E-state index in [0.29, 0.717) is 24.0 Å². The lowest BCUT2D eigenvalue weighted by molar-refractivity contribution is -0.0499. The third-order valence-electron chi connectivity index (χ3n) is 3.63. The zero-order valence-corrected chi connectivity index (χ0v) is 11.5. The highest BCUT2D eigenvalue weighted by Crippen LogP contribution is 2.30. The summed E-state index contributed by atoms with van der Waals surface area (Å²) in [7, 11) is 0. The molecule has 0 saturated carbocycles. The molecule has 3 nitrogen and oxygen atoms in total. The maximum absolute atomic E-state index is 13.6. The van der Waals surface area contributed by atoms with Crippen LogP contribution in [-0.2, 0) is 6.61 Å². The molecule has 21 heavy (non-hydrogen) atoms. The predicted molar refractivity (Wildman–Crippen MR) is 73.0 cm³/mol. The Morgan fingerprint density at radius 3 is 2.86 bits per heavy atom. The molecular formula is C15H18F3NO2. The van der Waals surface area contributed by atoms with Crippen LogP contribution in [0.15, 0.2) is 30.4 Å². The lowest BCUT2D eigenvalue weighted by atomic mass is 9.96. The number of ether oxygens (including phenoxy) is 1. The smallest absolute Gasteiger partial charge is 0.387 e. The van der Waals surface area contributed by atoms with Gasteiger partial charge in [-0.2, -0.15) is 8.78 Å². The predicted octanol–water partition coefficient (Wildman–Crippen LogP) is 3.10. The van der Waals surface area contributed by atoms with Crippen LogP contribution < -0.4 is 10.1 Å². The zero-order chi connectivity index (χ0) is 15.4. The van der Waals surface area contributed by atoms with Gasteiger partial charge in [0, 0.05) is 12.6 Å². The van der Waals surface area contributed by atoms with Gasteiger partial charge in [0.2, 0.25) is 0 Å². The molecule has 1 aliphatic rings. The molecule has 0 amide bonds.